The maximum absolute atomic E-state index is 5.52. The number of nitrogen functional groups attached to an aromatic ring is 1. The average Bonchev–Trinajstić information content (AvgIpc) is 2.53. The predicted octanol–water partition coefficient (Wildman–Crippen LogP) is 1.16. The average molecular weight is 174 g/mol. The minimum Gasteiger partial charge on any atom is -0.382 e. The molecule has 4 heteroatoms. The van der Waals surface area contributed by atoms with E-state index in [-0.39, 0.29) is 0 Å². The van der Waals surface area contributed by atoms with E-state index in [1.807, 2.05) is 19.2 Å². The fraction of sp³-hybridized carbons (Fsp3) is 0.111. The summed E-state index contributed by atoms with van der Waals surface area (Å²) in [5.74, 6) is 0.524. The summed E-state index contributed by atoms with van der Waals surface area (Å²) in [6.45, 7) is 1.99. The van der Waals surface area contributed by atoms with E-state index in [4.69, 9.17) is 5.73 Å². The van der Waals surface area contributed by atoms with E-state index >= 15 is 0 Å². The molecule has 0 bridgehead atoms. The van der Waals surface area contributed by atoms with Crippen molar-refractivity contribution < 1.29 is 0 Å². The molecule has 13 heavy (non-hydrogen) atoms. The summed E-state index contributed by atoms with van der Waals surface area (Å²) in [5.41, 5.74) is 7.60. The summed E-state index contributed by atoms with van der Waals surface area (Å²) in [7, 11) is 0. The third-order valence-electron chi connectivity index (χ3n) is 1.85. The van der Waals surface area contributed by atoms with Gasteiger partial charge in [-0.05, 0) is 18.6 Å². The van der Waals surface area contributed by atoms with Crippen molar-refractivity contribution in [2.24, 2.45) is 0 Å². The maximum Gasteiger partial charge on any atom is 0.145 e. The summed E-state index contributed by atoms with van der Waals surface area (Å²) < 4.78 is 1.74. The second kappa shape index (κ2) is 2.90. The zero-order valence-corrected chi connectivity index (χ0v) is 7.31. The van der Waals surface area contributed by atoms with E-state index < -0.39 is 0 Å². The molecule has 0 spiro atoms. The molecular formula is C9H10N4. The molecule has 0 fully saturated rings. The van der Waals surface area contributed by atoms with E-state index in [9.17, 15) is 0 Å². The van der Waals surface area contributed by atoms with Crippen LogP contribution in [-0.4, -0.2) is 14.8 Å². The quantitative estimate of drug-likeness (QED) is 0.705. The fourth-order valence-electron chi connectivity index (χ4n) is 1.20. The number of pyridine rings is 1. The highest BCUT2D eigenvalue weighted by Gasteiger charge is 2.00. The Labute approximate surface area is 76.0 Å². The third kappa shape index (κ3) is 1.38. The third-order valence-corrected chi connectivity index (χ3v) is 1.85. The Balaban J connectivity index is 2.52. The van der Waals surface area contributed by atoms with Gasteiger partial charge in [0.1, 0.15) is 5.82 Å². The van der Waals surface area contributed by atoms with Gasteiger partial charge < -0.3 is 5.73 Å². The van der Waals surface area contributed by atoms with Gasteiger partial charge in [-0.25, -0.2) is 4.68 Å². The zero-order valence-electron chi connectivity index (χ0n) is 7.31. The lowest BCUT2D eigenvalue weighted by atomic mass is 10.3. The van der Waals surface area contributed by atoms with Gasteiger partial charge in [-0.1, -0.05) is 0 Å². The molecule has 2 N–H and O–H groups in total. The van der Waals surface area contributed by atoms with Crippen molar-refractivity contribution in [2.75, 3.05) is 5.73 Å². The SMILES string of the molecule is Cc1cnccc1-n1ccc(N)n1. The minimum atomic E-state index is 0.524. The standard InChI is InChI=1S/C9H10N4/c1-7-6-11-4-2-8(7)13-5-3-9(10)12-13/h2-6H,1H3,(H2,10,12). The van der Waals surface area contributed by atoms with E-state index in [0.717, 1.165) is 11.3 Å². The Morgan fingerprint density at radius 2 is 2.23 bits per heavy atom. The molecule has 4 nitrogen and oxygen atoms in total. The van der Waals surface area contributed by atoms with Crippen LogP contribution in [0.5, 0.6) is 0 Å². The largest absolute Gasteiger partial charge is 0.382 e. The van der Waals surface area contributed by atoms with Gasteiger partial charge in [-0.3, -0.25) is 4.98 Å². The molecule has 0 saturated carbocycles. The van der Waals surface area contributed by atoms with Crippen molar-refractivity contribution in [1.82, 2.24) is 14.8 Å². The van der Waals surface area contributed by atoms with Crippen molar-refractivity contribution in [2.45, 2.75) is 6.92 Å². The molecule has 0 aliphatic heterocycles. The number of nitrogens with zero attached hydrogens (tertiary/aromatic N) is 3. The molecule has 0 unspecified atom stereocenters. The van der Waals surface area contributed by atoms with Crippen molar-refractivity contribution in [3.05, 3.63) is 36.3 Å². The number of rotatable bonds is 1. The van der Waals surface area contributed by atoms with Gasteiger partial charge in [0.2, 0.25) is 0 Å². The van der Waals surface area contributed by atoms with Crippen LogP contribution in [0.25, 0.3) is 5.69 Å². The van der Waals surface area contributed by atoms with E-state index in [1.54, 1.807) is 23.1 Å². The molecular weight excluding hydrogens is 164 g/mol. The van der Waals surface area contributed by atoms with Gasteiger partial charge >= 0.3 is 0 Å². The highest BCUT2D eigenvalue weighted by Crippen LogP contribution is 2.11. The fourth-order valence-corrected chi connectivity index (χ4v) is 1.20. The number of hydrogen-bond acceptors (Lipinski definition) is 3. The monoisotopic (exact) mass is 174 g/mol. The number of anilines is 1. The van der Waals surface area contributed by atoms with Crippen molar-refractivity contribution in [3.63, 3.8) is 0 Å². The van der Waals surface area contributed by atoms with Crippen molar-refractivity contribution in [3.8, 4) is 5.69 Å². The van der Waals surface area contributed by atoms with Gasteiger partial charge in [0, 0.05) is 24.7 Å². The van der Waals surface area contributed by atoms with Crippen LogP contribution in [0, 0.1) is 6.92 Å². The number of hydrogen-bond donors (Lipinski definition) is 1. The molecule has 0 aliphatic carbocycles. The Kier molecular flexibility index (Phi) is 1.73. The maximum atomic E-state index is 5.52. The van der Waals surface area contributed by atoms with Crippen LogP contribution in [0.15, 0.2) is 30.7 Å². The Morgan fingerprint density at radius 1 is 1.38 bits per heavy atom. The van der Waals surface area contributed by atoms with Crippen LogP contribution in [-0.2, 0) is 0 Å². The van der Waals surface area contributed by atoms with Crippen LogP contribution >= 0.6 is 0 Å². The first-order valence-electron chi connectivity index (χ1n) is 3.99. The summed E-state index contributed by atoms with van der Waals surface area (Å²) >= 11 is 0. The predicted molar refractivity (Wildman–Crippen MR) is 50.5 cm³/mol. The van der Waals surface area contributed by atoms with E-state index in [1.165, 1.54) is 0 Å². The molecule has 66 valence electrons. The first-order valence-corrected chi connectivity index (χ1v) is 3.99. The lowest BCUT2D eigenvalue weighted by Crippen LogP contribution is -1.98. The summed E-state index contributed by atoms with van der Waals surface area (Å²) in [5, 5.41) is 4.11. The van der Waals surface area contributed by atoms with Gasteiger partial charge in [0.15, 0.2) is 0 Å². The van der Waals surface area contributed by atoms with Gasteiger partial charge in [0.05, 0.1) is 5.69 Å². The van der Waals surface area contributed by atoms with Crippen LogP contribution in [0.4, 0.5) is 5.82 Å². The Hall–Kier alpha value is -1.84. The lowest BCUT2D eigenvalue weighted by Gasteiger charge is -2.03. The first-order chi connectivity index (χ1) is 6.27. The van der Waals surface area contributed by atoms with Gasteiger partial charge in [0.25, 0.3) is 0 Å². The minimum absolute atomic E-state index is 0.524. The lowest BCUT2D eigenvalue weighted by molar-refractivity contribution is 0.874. The van der Waals surface area contributed by atoms with Crippen LogP contribution < -0.4 is 5.73 Å². The molecule has 2 rings (SSSR count). The number of aryl methyl sites for hydroxylation is 1. The van der Waals surface area contributed by atoms with Crippen LogP contribution in [0.1, 0.15) is 5.56 Å². The Bertz CT molecular complexity index is 419. The molecule has 2 aromatic heterocycles. The van der Waals surface area contributed by atoms with E-state index in [0.29, 0.717) is 5.82 Å². The molecule has 0 amide bonds. The molecule has 0 aliphatic rings. The molecule has 0 saturated heterocycles. The van der Waals surface area contributed by atoms with E-state index in [2.05, 4.69) is 10.1 Å². The van der Waals surface area contributed by atoms with Gasteiger partial charge in [-0.15, -0.1) is 0 Å². The summed E-state index contributed by atoms with van der Waals surface area (Å²) in [4.78, 5) is 4.00. The van der Waals surface area contributed by atoms with Crippen molar-refractivity contribution in [1.29, 1.82) is 0 Å². The smallest absolute Gasteiger partial charge is 0.145 e. The van der Waals surface area contributed by atoms with Gasteiger partial charge in [-0.2, -0.15) is 5.10 Å². The topological polar surface area (TPSA) is 56.7 Å². The van der Waals surface area contributed by atoms with Crippen LogP contribution in [0.3, 0.4) is 0 Å². The zero-order chi connectivity index (χ0) is 9.26. The van der Waals surface area contributed by atoms with Crippen molar-refractivity contribution >= 4 is 5.82 Å². The Morgan fingerprint density at radius 3 is 2.85 bits per heavy atom. The number of aromatic nitrogens is 3. The summed E-state index contributed by atoms with van der Waals surface area (Å²) in [6, 6.07) is 3.67. The second-order valence-electron chi connectivity index (χ2n) is 2.85. The number of nitrogens with two attached hydrogens (primary N) is 1. The molecule has 2 heterocycles. The molecule has 2 aromatic rings. The first kappa shape index (κ1) is 7.79. The molecule has 0 radical (unpaired) electrons. The highest BCUT2D eigenvalue weighted by atomic mass is 15.3. The second-order valence-corrected chi connectivity index (χ2v) is 2.85. The highest BCUT2D eigenvalue weighted by molar-refractivity contribution is 5.39. The molecule has 0 atom stereocenters. The summed E-state index contributed by atoms with van der Waals surface area (Å²) in [6.07, 6.45) is 5.37. The van der Waals surface area contributed by atoms with Crippen LogP contribution in [0.2, 0.25) is 0 Å². The molecule has 0 aromatic carbocycles. The normalized spacial score (nSPS) is 10.2.